The molecule has 0 spiro atoms. The lowest BCUT2D eigenvalue weighted by Gasteiger charge is -2.25. The zero-order chi connectivity index (χ0) is 19.4. The maximum absolute atomic E-state index is 14.3. The minimum absolute atomic E-state index is 0.0395. The van der Waals surface area contributed by atoms with Gasteiger partial charge >= 0.3 is 0 Å². The third kappa shape index (κ3) is 5.11. The summed E-state index contributed by atoms with van der Waals surface area (Å²) in [6, 6.07) is 1.60. The van der Waals surface area contributed by atoms with E-state index >= 15 is 0 Å². The topological polar surface area (TPSA) is 107 Å². The number of ether oxygens (including phenoxy) is 1. The second-order valence-corrected chi connectivity index (χ2v) is 8.91. The molecule has 2 aromatic rings. The van der Waals surface area contributed by atoms with Crippen molar-refractivity contribution < 1.29 is 21.9 Å². The number of nitrogens with zero attached hydrogens (tertiary/aromatic N) is 2. The zero-order valence-corrected chi connectivity index (χ0v) is 16.0. The first-order chi connectivity index (χ1) is 12.8. The molecule has 1 heterocycles. The van der Waals surface area contributed by atoms with Crippen LogP contribution in [0.4, 0.5) is 13.9 Å². The summed E-state index contributed by atoms with van der Waals surface area (Å²) in [5.74, 6) is -1.91. The second kappa shape index (κ2) is 8.44. The van der Waals surface area contributed by atoms with Crippen LogP contribution in [0.1, 0.15) is 32.1 Å². The third-order valence-corrected chi connectivity index (χ3v) is 6.60. The summed E-state index contributed by atoms with van der Waals surface area (Å²) < 4.78 is 63.9. The summed E-state index contributed by atoms with van der Waals surface area (Å²) >= 11 is 0.782. The Balaban J connectivity index is 1.64. The molecule has 7 nitrogen and oxygen atoms in total. The molecule has 11 heteroatoms. The van der Waals surface area contributed by atoms with Gasteiger partial charge in [-0.1, -0.05) is 0 Å². The first-order valence-electron chi connectivity index (χ1n) is 8.52. The van der Waals surface area contributed by atoms with Crippen molar-refractivity contribution in [3.63, 3.8) is 0 Å². The van der Waals surface area contributed by atoms with Gasteiger partial charge in [-0.25, -0.2) is 22.2 Å². The van der Waals surface area contributed by atoms with Crippen molar-refractivity contribution in [2.45, 2.75) is 43.0 Å². The average Bonchev–Trinajstić information content (AvgIpc) is 3.11. The number of aromatic nitrogens is 2. The Morgan fingerprint density at radius 2 is 1.96 bits per heavy atom. The molecule has 0 atom stereocenters. The van der Waals surface area contributed by atoms with E-state index < -0.39 is 26.6 Å². The Morgan fingerprint density at radius 1 is 1.22 bits per heavy atom. The quantitative estimate of drug-likeness (QED) is 0.716. The molecule has 148 valence electrons. The number of halogens is 2. The van der Waals surface area contributed by atoms with Gasteiger partial charge in [0.1, 0.15) is 17.0 Å². The Bertz CT molecular complexity index is 870. The molecule has 0 unspecified atom stereocenters. The van der Waals surface area contributed by atoms with Gasteiger partial charge in [0.15, 0.2) is 11.6 Å². The minimum Gasteiger partial charge on any atom is -0.490 e. The minimum atomic E-state index is -4.32. The highest BCUT2D eigenvalue weighted by Gasteiger charge is 2.24. The predicted molar refractivity (Wildman–Crippen MR) is 97.1 cm³/mol. The monoisotopic (exact) mass is 418 g/mol. The number of anilines is 1. The molecule has 0 bridgehead atoms. The molecule has 0 saturated heterocycles. The summed E-state index contributed by atoms with van der Waals surface area (Å²) in [5.41, 5.74) is 5.86. The first kappa shape index (κ1) is 19.9. The van der Waals surface area contributed by atoms with E-state index in [2.05, 4.69) is 14.1 Å². The molecule has 3 N–H and O–H groups in total. The molecule has 0 amide bonds. The van der Waals surface area contributed by atoms with Crippen LogP contribution >= 0.6 is 11.5 Å². The van der Waals surface area contributed by atoms with Crippen LogP contribution < -0.4 is 15.2 Å². The predicted octanol–water partition coefficient (Wildman–Crippen LogP) is 2.90. The smallest absolute Gasteiger partial charge is 0.266 e. The Hall–Kier alpha value is -1.85. The Morgan fingerprint density at radius 3 is 2.63 bits per heavy atom. The molecular formula is C16H20F2N4O3S2. The fourth-order valence-corrected chi connectivity index (χ4v) is 4.76. The van der Waals surface area contributed by atoms with Crippen LogP contribution in [-0.2, 0) is 10.0 Å². The number of nitrogens with two attached hydrogens (primary N) is 1. The van der Waals surface area contributed by atoms with Crippen molar-refractivity contribution in [3.05, 3.63) is 30.1 Å². The number of benzene rings is 1. The highest BCUT2D eigenvalue weighted by atomic mass is 32.2. The number of nitrogens with one attached hydrogen (secondary N) is 1. The maximum atomic E-state index is 14.3. The summed E-state index contributed by atoms with van der Waals surface area (Å²) in [6.07, 6.45) is 5.78. The molecule has 1 saturated carbocycles. The lowest BCUT2D eigenvalue weighted by molar-refractivity contribution is 0.230. The largest absolute Gasteiger partial charge is 0.490 e. The van der Waals surface area contributed by atoms with Crippen molar-refractivity contribution in [1.29, 1.82) is 0 Å². The van der Waals surface area contributed by atoms with Crippen molar-refractivity contribution in [1.82, 2.24) is 9.36 Å². The van der Waals surface area contributed by atoms with Gasteiger partial charge in [0, 0.05) is 29.7 Å². The number of rotatable bonds is 7. The van der Waals surface area contributed by atoms with Crippen molar-refractivity contribution in [2.24, 2.45) is 11.7 Å². The fourth-order valence-electron chi connectivity index (χ4n) is 3.03. The Labute approximate surface area is 160 Å². The molecule has 0 radical (unpaired) electrons. The van der Waals surface area contributed by atoms with Crippen LogP contribution in [0.25, 0.3) is 0 Å². The summed E-state index contributed by atoms with van der Waals surface area (Å²) in [6.45, 7) is 0.228. The number of sulfonamides is 1. The van der Waals surface area contributed by atoms with Gasteiger partial charge in [-0.05, 0) is 38.0 Å². The van der Waals surface area contributed by atoms with E-state index in [9.17, 15) is 17.2 Å². The third-order valence-electron chi connectivity index (χ3n) is 4.53. The lowest BCUT2D eigenvalue weighted by atomic mass is 9.85. The van der Waals surface area contributed by atoms with Crippen LogP contribution in [-0.4, -0.2) is 30.4 Å². The van der Waals surface area contributed by atoms with Gasteiger partial charge in [0.25, 0.3) is 10.0 Å². The van der Waals surface area contributed by atoms with Crippen LogP contribution in [0.3, 0.4) is 0 Å². The molecule has 1 aliphatic rings. The summed E-state index contributed by atoms with van der Waals surface area (Å²) in [4.78, 5) is 2.84. The normalized spacial score (nSPS) is 20.4. The van der Waals surface area contributed by atoms with Gasteiger partial charge in [-0.3, -0.25) is 4.72 Å². The van der Waals surface area contributed by atoms with E-state index in [1.54, 1.807) is 0 Å². The molecule has 0 aliphatic heterocycles. The van der Waals surface area contributed by atoms with Crippen LogP contribution in [0, 0.1) is 17.6 Å². The van der Waals surface area contributed by atoms with Crippen molar-refractivity contribution in [3.8, 4) is 5.75 Å². The summed E-state index contributed by atoms with van der Waals surface area (Å²) in [7, 11) is -4.32. The van der Waals surface area contributed by atoms with E-state index in [4.69, 9.17) is 10.5 Å². The molecular weight excluding hydrogens is 398 g/mol. The second-order valence-electron chi connectivity index (χ2n) is 6.48. The SMILES string of the molecule is NC1CCC(CCOc2cc(F)c(S(=O)(=O)Nc3ncns3)cc2F)CC1. The molecule has 1 aliphatic carbocycles. The standard InChI is InChI=1S/C16H20F2N4O3S2/c17-12-8-15(27(23,24)22-16-20-9-21-26-16)13(18)7-14(12)25-6-5-10-1-3-11(19)4-2-10/h7-11H,1-6,19H2,(H,20,21,22). The van der Waals surface area contributed by atoms with Crippen molar-refractivity contribution in [2.75, 3.05) is 11.3 Å². The van der Waals surface area contributed by atoms with E-state index in [1.807, 2.05) is 0 Å². The lowest BCUT2D eigenvalue weighted by Crippen LogP contribution is -2.27. The molecule has 1 fully saturated rings. The van der Waals surface area contributed by atoms with Crippen LogP contribution in [0.2, 0.25) is 0 Å². The van der Waals surface area contributed by atoms with Gasteiger partial charge in [0.05, 0.1) is 6.61 Å². The first-order valence-corrected chi connectivity index (χ1v) is 10.8. The van der Waals surface area contributed by atoms with Gasteiger partial charge in [-0.2, -0.15) is 4.37 Å². The highest BCUT2D eigenvalue weighted by molar-refractivity contribution is 7.93. The average molecular weight is 418 g/mol. The van der Waals surface area contributed by atoms with E-state index in [0.717, 1.165) is 49.6 Å². The van der Waals surface area contributed by atoms with Gasteiger partial charge in [-0.15, -0.1) is 0 Å². The molecule has 1 aromatic heterocycles. The Kier molecular flexibility index (Phi) is 6.22. The van der Waals surface area contributed by atoms with E-state index in [0.29, 0.717) is 18.4 Å². The van der Waals surface area contributed by atoms with Gasteiger partial charge in [0.2, 0.25) is 5.13 Å². The summed E-state index contributed by atoms with van der Waals surface area (Å²) in [5, 5.41) is -0.0395. The zero-order valence-electron chi connectivity index (χ0n) is 14.4. The van der Waals surface area contributed by atoms with E-state index in [-0.39, 0.29) is 23.5 Å². The van der Waals surface area contributed by atoms with E-state index in [1.165, 1.54) is 0 Å². The molecule has 1 aromatic carbocycles. The maximum Gasteiger partial charge on any atom is 0.266 e. The molecule has 27 heavy (non-hydrogen) atoms. The van der Waals surface area contributed by atoms with Crippen LogP contribution in [0.15, 0.2) is 23.4 Å². The highest BCUT2D eigenvalue weighted by Crippen LogP contribution is 2.28. The van der Waals surface area contributed by atoms with Gasteiger partial charge < -0.3 is 10.5 Å². The van der Waals surface area contributed by atoms with Crippen molar-refractivity contribution >= 4 is 26.7 Å². The number of hydrogen-bond donors (Lipinski definition) is 2. The molecule has 3 rings (SSSR count). The van der Waals surface area contributed by atoms with Crippen LogP contribution in [0.5, 0.6) is 5.75 Å². The number of hydrogen-bond acceptors (Lipinski definition) is 7. The fraction of sp³-hybridized carbons (Fsp3) is 0.500.